The van der Waals surface area contributed by atoms with Crippen LogP contribution in [0.4, 0.5) is 4.39 Å². The molecular weight excluding hydrogens is 257 g/mol. The standard InChI is InChI=1S/C12H13BrFN/c13-9-3-1-2-8(10(9)14)11(4-5-11)12(15)6-7-12/h1-3H,4-7,15H2. The fourth-order valence-corrected chi connectivity index (χ4v) is 3.01. The van der Waals surface area contributed by atoms with E-state index in [2.05, 4.69) is 15.9 Å². The third kappa shape index (κ3) is 1.23. The topological polar surface area (TPSA) is 26.0 Å². The van der Waals surface area contributed by atoms with Gasteiger partial charge in [0, 0.05) is 11.0 Å². The molecule has 0 radical (unpaired) electrons. The first-order chi connectivity index (χ1) is 7.09. The molecule has 0 heterocycles. The van der Waals surface area contributed by atoms with Gasteiger partial charge in [0.15, 0.2) is 0 Å². The Balaban J connectivity index is 2.10. The third-order valence-electron chi connectivity index (χ3n) is 3.96. The molecule has 3 rings (SSSR count). The molecule has 0 spiro atoms. The first-order valence-corrected chi connectivity index (χ1v) is 6.12. The van der Waals surface area contributed by atoms with Gasteiger partial charge in [0.1, 0.15) is 5.82 Å². The number of rotatable bonds is 2. The predicted molar refractivity (Wildman–Crippen MR) is 61.2 cm³/mol. The maximum absolute atomic E-state index is 14.0. The Morgan fingerprint density at radius 1 is 1.20 bits per heavy atom. The smallest absolute Gasteiger partial charge is 0.141 e. The summed E-state index contributed by atoms with van der Waals surface area (Å²) in [5.74, 6) is -0.119. The maximum atomic E-state index is 14.0. The SMILES string of the molecule is NC1(C2(c3cccc(Br)c3F)CC2)CC1. The molecular formula is C12H13BrFN. The van der Waals surface area contributed by atoms with Crippen molar-refractivity contribution in [3.63, 3.8) is 0 Å². The van der Waals surface area contributed by atoms with Gasteiger partial charge in [0.25, 0.3) is 0 Å². The zero-order valence-electron chi connectivity index (χ0n) is 8.39. The molecule has 1 aromatic rings. The van der Waals surface area contributed by atoms with Crippen molar-refractivity contribution in [3.05, 3.63) is 34.1 Å². The minimum atomic E-state index is -0.119. The van der Waals surface area contributed by atoms with E-state index in [1.807, 2.05) is 12.1 Å². The highest BCUT2D eigenvalue weighted by Gasteiger charge is 2.64. The van der Waals surface area contributed by atoms with E-state index in [0.29, 0.717) is 4.47 Å². The number of benzene rings is 1. The van der Waals surface area contributed by atoms with Gasteiger partial charge in [0.2, 0.25) is 0 Å². The molecule has 2 saturated carbocycles. The molecule has 2 fully saturated rings. The van der Waals surface area contributed by atoms with Crippen LogP contribution in [0, 0.1) is 5.82 Å². The summed E-state index contributed by atoms with van der Waals surface area (Å²) >= 11 is 3.24. The van der Waals surface area contributed by atoms with Crippen LogP contribution in [0.25, 0.3) is 0 Å². The Hall–Kier alpha value is -0.410. The number of hydrogen-bond donors (Lipinski definition) is 1. The van der Waals surface area contributed by atoms with Gasteiger partial charge in [-0.1, -0.05) is 12.1 Å². The van der Waals surface area contributed by atoms with Crippen LogP contribution in [-0.2, 0) is 5.41 Å². The summed E-state index contributed by atoms with van der Waals surface area (Å²) in [6.07, 6.45) is 4.16. The van der Waals surface area contributed by atoms with E-state index >= 15 is 0 Å². The molecule has 0 bridgehead atoms. The lowest BCUT2D eigenvalue weighted by atomic mass is 9.86. The average molecular weight is 270 g/mol. The molecule has 0 aromatic heterocycles. The summed E-state index contributed by atoms with van der Waals surface area (Å²) < 4.78 is 14.5. The van der Waals surface area contributed by atoms with E-state index in [1.54, 1.807) is 6.07 Å². The lowest BCUT2D eigenvalue weighted by Crippen LogP contribution is -2.37. The van der Waals surface area contributed by atoms with E-state index in [9.17, 15) is 4.39 Å². The lowest BCUT2D eigenvalue weighted by molar-refractivity contribution is 0.472. The molecule has 0 amide bonds. The predicted octanol–water partition coefficient (Wildman–Crippen LogP) is 3.11. The van der Waals surface area contributed by atoms with Gasteiger partial charge in [-0.2, -0.15) is 0 Å². The summed E-state index contributed by atoms with van der Waals surface area (Å²) in [6.45, 7) is 0. The van der Waals surface area contributed by atoms with Crippen molar-refractivity contribution in [2.75, 3.05) is 0 Å². The zero-order valence-corrected chi connectivity index (χ0v) is 9.98. The van der Waals surface area contributed by atoms with E-state index in [-0.39, 0.29) is 16.8 Å². The second-order valence-electron chi connectivity index (χ2n) is 4.84. The highest BCUT2D eigenvalue weighted by molar-refractivity contribution is 9.10. The Labute approximate surface area is 97.0 Å². The maximum Gasteiger partial charge on any atom is 0.141 e. The van der Waals surface area contributed by atoms with Crippen molar-refractivity contribution in [2.45, 2.75) is 36.6 Å². The van der Waals surface area contributed by atoms with Gasteiger partial charge in [-0.05, 0) is 53.2 Å². The summed E-state index contributed by atoms with van der Waals surface area (Å²) in [5.41, 5.74) is 6.90. The molecule has 15 heavy (non-hydrogen) atoms. The molecule has 0 atom stereocenters. The molecule has 80 valence electrons. The molecule has 1 nitrogen and oxygen atoms in total. The van der Waals surface area contributed by atoms with Gasteiger partial charge in [-0.3, -0.25) is 0 Å². The fraction of sp³-hybridized carbons (Fsp3) is 0.500. The Kier molecular flexibility index (Phi) is 1.85. The third-order valence-corrected chi connectivity index (χ3v) is 4.57. The molecule has 2 aliphatic carbocycles. The van der Waals surface area contributed by atoms with Gasteiger partial charge < -0.3 is 5.73 Å². The Morgan fingerprint density at radius 2 is 1.87 bits per heavy atom. The number of hydrogen-bond acceptors (Lipinski definition) is 1. The quantitative estimate of drug-likeness (QED) is 0.878. The molecule has 0 aliphatic heterocycles. The van der Waals surface area contributed by atoms with Crippen LogP contribution in [0.3, 0.4) is 0 Å². The van der Waals surface area contributed by atoms with Crippen molar-refractivity contribution in [3.8, 4) is 0 Å². The van der Waals surface area contributed by atoms with E-state index in [1.165, 1.54) is 0 Å². The molecule has 2 N–H and O–H groups in total. The van der Waals surface area contributed by atoms with Crippen LogP contribution < -0.4 is 5.73 Å². The minimum Gasteiger partial charge on any atom is -0.324 e. The van der Waals surface area contributed by atoms with Crippen molar-refractivity contribution in [1.82, 2.24) is 0 Å². The molecule has 0 saturated heterocycles. The van der Waals surface area contributed by atoms with Crippen molar-refractivity contribution in [1.29, 1.82) is 0 Å². The fourth-order valence-electron chi connectivity index (χ4n) is 2.65. The van der Waals surface area contributed by atoms with E-state index < -0.39 is 0 Å². The van der Waals surface area contributed by atoms with Crippen LogP contribution in [0.1, 0.15) is 31.2 Å². The van der Waals surface area contributed by atoms with Crippen LogP contribution in [-0.4, -0.2) is 5.54 Å². The average Bonchev–Trinajstić information content (AvgIpc) is 3.06. The first kappa shape index (κ1) is 9.79. The van der Waals surface area contributed by atoms with Crippen LogP contribution >= 0.6 is 15.9 Å². The van der Waals surface area contributed by atoms with Gasteiger partial charge in [-0.15, -0.1) is 0 Å². The summed E-state index contributed by atoms with van der Waals surface area (Å²) in [6, 6.07) is 5.53. The van der Waals surface area contributed by atoms with E-state index in [4.69, 9.17) is 5.73 Å². The van der Waals surface area contributed by atoms with Crippen LogP contribution in [0.15, 0.2) is 22.7 Å². The van der Waals surface area contributed by atoms with E-state index in [0.717, 1.165) is 31.2 Å². The van der Waals surface area contributed by atoms with Gasteiger partial charge in [-0.25, -0.2) is 4.39 Å². The van der Waals surface area contributed by atoms with Crippen LogP contribution in [0.2, 0.25) is 0 Å². The Morgan fingerprint density at radius 3 is 2.40 bits per heavy atom. The van der Waals surface area contributed by atoms with Crippen molar-refractivity contribution >= 4 is 15.9 Å². The monoisotopic (exact) mass is 269 g/mol. The second-order valence-corrected chi connectivity index (χ2v) is 5.69. The highest BCUT2D eigenvalue weighted by atomic mass is 79.9. The minimum absolute atomic E-state index is 0.0547. The van der Waals surface area contributed by atoms with Crippen molar-refractivity contribution in [2.24, 2.45) is 5.73 Å². The molecule has 2 aliphatic rings. The van der Waals surface area contributed by atoms with Crippen LogP contribution in [0.5, 0.6) is 0 Å². The number of halogens is 2. The second kappa shape index (κ2) is 2.83. The zero-order chi connectivity index (χ0) is 10.7. The van der Waals surface area contributed by atoms with Crippen molar-refractivity contribution < 1.29 is 4.39 Å². The lowest BCUT2D eigenvalue weighted by Gasteiger charge is -2.24. The Bertz CT molecular complexity index is 422. The highest BCUT2D eigenvalue weighted by Crippen LogP contribution is 2.64. The number of nitrogens with two attached hydrogens (primary N) is 1. The van der Waals surface area contributed by atoms with Gasteiger partial charge in [0.05, 0.1) is 4.47 Å². The normalized spacial score (nSPS) is 25.0. The summed E-state index contributed by atoms with van der Waals surface area (Å²) in [4.78, 5) is 0. The largest absolute Gasteiger partial charge is 0.324 e. The van der Waals surface area contributed by atoms with Gasteiger partial charge >= 0.3 is 0 Å². The molecule has 0 unspecified atom stereocenters. The summed E-state index contributed by atoms with van der Waals surface area (Å²) in [5, 5.41) is 0. The first-order valence-electron chi connectivity index (χ1n) is 5.32. The molecule has 3 heteroatoms. The summed E-state index contributed by atoms with van der Waals surface area (Å²) in [7, 11) is 0. The molecule has 1 aromatic carbocycles.